The summed E-state index contributed by atoms with van der Waals surface area (Å²) in [6.07, 6.45) is 0. The van der Waals surface area contributed by atoms with Crippen molar-refractivity contribution < 1.29 is 8.42 Å². The van der Waals surface area contributed by atoms with E-state index < -0.39 is 10.0 Å². The zero-order valence-electron chi connectivity index (χ0n) is 13.1. The SMILES string of the molecule is Cc1cc(=O)[nH]c2c(C)cc(S(=O)(=O)Nc3ccc(Br)cc3)cc12. The summed E-state index contributed by atoms with van der Waals surface area (Å²) in [5, 5.41) is 0.714. The number of hydrogen-bond donors (Lipinski definition) is 2. The van der Waals surface area contributed by atoms with Crippen LogP contribution in [0.1, 0.15) is 11.1 Å². The Morgan fingerprint density at radius 1 is 1.00 bits per heavy atom. The third-order valence-electron chi connectivity index (χ3n) is 3.74. The molecule has 0 unspecified atom stereocenters. The molecule has 0 bridgehead atoms. The Kier molecular flexibility index (Phi) is 4.23. The number of pyridine rings is 1. The number of halogens is 1. The predicted octanol–water partition coefficient (Wildman–Crippen LogP) is 3.71. The van der Waals surface area contributed by atoms with Gasteiger partial charge in [0.1, 0.15) is 0 Å². The average Bonchev–Trinajstić information content (AvgIpc) is 2.50. The van der Waals surface area contributed by atoms with Gasteiger partial charge < -0.3 is 4.98 Å². The zero-order chi connectivity index (χ0) is 17.5. The molecule has 0 saturated carbocycles. The Hall–Kier alpha value is -2.12. The molecule has 0 aliphatic carbocycles. The maximum Gasteiger partial charge on any atom is 0.261 e. The first-order valence-corrected chi connectivity index (χ1v) is 9.46. The summed E-state index contributed by atoms with van der Waals surface area (Å²) in [6, 6.07) is 11.5. The van der Waals surface area contributed by atoms with Gasteiger partial charge in [0.25, 0.3) is 10.0 Å². The molecule has 0 spiro atoms. The standard InChI is InChI=1S/C17H15BrN2O3S/c1-10-8-16(21)19-17-11(2)7-14(9-15(10)17)24(22,23)20-13-5-3-12(18)4-6-13/h3-9,20H,1-2H3,(H,19,21). The summed E-state index contributed by atoms with van der Waals surface area (Å²) in [6.45, 7) is 3.56. The largest absolute Gasteiger partial charge is 0.322 e. The number of aryl methyl sites for hydroxylation is 2. The third-order valence-corrected chi connectivity index (χ3v) is 5.63. The van der Waals surface area contributed by atoms with Crippen LogP contribution < -0.4 is 10.3 Å². The number of H-pyrrole nitrogens is 1. The number of rotatable bonds is 3. The first-order valence-electron chi connectivity index (χ1n) is 7.19. The Labute approximate surface area is 147 Å². The van der Waals surface area contributed by atoms with Crippen LogP contribution in [0.25, 0.3) is 10.9 Å². The molecular weight excluding hydrogens is 392 g/mol. The maximum atomic E-state index is 12.7. The maximum absolute atomic E-state index is 12.7. The molecule has 0 aliphatic rings. The molecule has 24 heavy (non-hydrogen) atoms. The van der Waals surface area contributed by atoms with Gasteiger partial charge in [0, 0.05) is 21.6 Å². The fourth-order valence-electron chi connectivity index (χ4n) is 2.55. The van der Waals surface area contributed by atoms with Gasteiger partial charge in [-0.1, -0.05) is 15.9 Å². The minimum Gasteiger partial charge on any atom is -0.322 e. The predicted molar refractivity (Wildman–Crippen MR) is 99.0 cm³/mol. The van der Waals surface area contributed by atoms with E-state index in [2.05, 4.69) is 25.6 Å². The van der Waals surface area contributed by atoms with Gasteiger partial charge in [-0.05, 0) is 61.4 Å². The molecule has 1 aromatic heterocycles. The van der Waals surface area contributed by atoms with Gasteiger partial charge in [-0.15, -0.1) is 0 Å². The number of hydrogen-bond acceptors (Lipinski definition) is 3. The topological polar surface area (TPSA) is 79.0 Å². The second kappa shape index (κ2) is 6.07. The molecule has 7 heteroatoms. The first-order chi connectivity index (χ1) is 11.3. The van der Waals surface area contributed by atoms with E-state index >= 15 is 0 Å². The summed E-state index contributed by atoms with van der Waals surface area (Å²) in [5.41, 5.74) is 2.37. The Morgan fingerprint density at radius 2 is 1.67 bits per heavy atom. The molecule has 3 aromatic rings. The molecule has 0 amide bonds. The van der Waals surface area contributed by atoms with E-state index in [1.807, 2.05) is 0 Å². The minimum atomic E-state index is -3.72. The number of aromatic amines is 1. The highest BCUT2D eigenvalue weighted by Crippen LogP contribution is 2.25. The highest BCUT2D eigenvalue weighted by Gasteiger charge is 2.17. The zero-order valence-corrected chi connectivity index (χ0v) is 15.5. The van der Waals surface area contributed by atoms with E-state index in [4.69, 9.17) is 0 Å². The summed E-state index contributed by atoms with van der Waals surface area (Å²) in [5.74, 6) is 0. The monoisotopic (exact) mass is 406 g/mol. The van der Waals surface area contributed by atoms with Crippen LogP contribution in [0.3, 0.4) is 0 Å². The van der Waals surface area contributed by atoms with Gasteiger partial charge in [0.05, 0.1) is 10.4 Å². The Morgan fingerprint density at radius 3 is 2.33 bits per heavy atom. The lowest BCUT2D eigenvalue weighted by Crippen LogP contribution is -2.14. The molecule has 0 atom stereocenters. The van der Waals surface area contributed by atoms with Crippen LogP contribution in [0.5, 0.6) is 0 Å². The number of aromatic nitrogens is 1. The summed E-state index contributed by atoms with van der Waals surface area (Å²) in [7, 11) is -3.72. The minimum absolute atomic E-state index is 0.158. The van der Waals surface area contributed by atoms with Crippen LogP contribution in [0.2, 0.25) is 0 Å². The number of anilines is 1. The number of sulfonamides is 1. The smallest absolute Gasteiger partial charge is 0.261 e. The van der Waals surface area contributed by atoms with Crippen molar-refractivity contribution in [3.8, 4) is 0 Å². The molecule has 0 saturated heterocycles. The van der Waals surface area contributed by atoms with Crippen LogP contribution in [0, 0.1) is 13.8 Å². The van der Waals surface area contributed by atoms with Crippen molar-refractivity contribution in [3.63, 3.8) is 0 Å². The van der Waals surface area contributed by atoms with Crippen LogP contribution >= 0.6 is 15.9 Å². The van der Waals surface area contributed by atoms with E-state index in [1.165, 1.54) is 6.07 Å². The lowest BCUT2D eigenvalue weighted by Gasteiger charge is -2.12. The Bertz CT molecular complexity index is 1090. The molecular formula is C17H15BrN2O3S. The molecule has 0 aliphatic heterocycles. The lowest BCUT2D eigenvalue weighted by molar-refractivity contribution is 0.601. The van der Waals surface area contributed by atoms with Gasteiger partial charge in [-0.25, -0.2) is 8.42 Å². The third kappa shape index (κ3) is 3.22. The molecule has 0 radical (unpaired) electrons. The highest BCUT2D eigenvalue weighted by atomic mass is 79.9. The number of fused-ring (bicyclic) bond motifs is 1. The van der Waals surface area contributed by atoms with Gasteiger partial charge in [0.2, 0.25) is 5.56 Å². The van der Waals surface area contributed by atoms with Gasteiger partial charge in [0.15, 0.2) is 0 Å². The van der Waals surface area contributed by atoms with Crippen molar-refractivity contribution in [2.45, 2.75) is 18.7 Å². The second-order valence-electron chi connectivity index (χ2n) is 5.59. The van der Waals surface area contributed by atoms with Crippen LogP contribution in [0.15, 0.2) is 56.6 Å². The van der Waals surface area contributed by atoms with Gasteiger partial charge in [-0.2, -0.15) is 0 Å². The number of nitrogens with one attached hydrogen (secondary N) is 2. The normalized spacial score (nSPS) is 11.6. The van der Waals surface area contributed by atoms with Crippen molar-refractivity contribution >= 4 is 42.5 Å². The Balaban J connectivity index is 2.11. The van der Waals surface area contributed by atoms with Crippen molar-refractivity contribution in [3.05, 3.63) is 68.4 Å². The van der Waals surface area contributed by atoms with Crippen LogP contribution in [-0.4, -0.2) is 13.4 Å². The first kappa shape index (κ1) is 16.7. The van der Waals surface area contributed by atoms with E-state index in [0.717, 1.165) is 10.0 Å². The quantitative estimate of drug-likeness (QED) is 0.695. The van der Waals surface area contributed by atoms with E-state index in [-0.39, 0.29) is 10.5 Å². The van der Waals surface area contributed by atoms with Crippen molar-refractivity contribution in [2.24, 2.45) is 0 Å². The lowest BCUT2D eigenvalue weighted by atomic mass is 10.1. The van der Waals surface area contributed by atoms with Gasteiger partial charge >= 0.3 is 0 Å². The number of benzene rings is 2. The van der Waals surface area contributed by atoms with Crippen LogP contribution in [0.4, 0.5) is 5.69 Å². The molecule has 124 valence electrons. The van der Waals surface area contributed by atoms with E-state index in [1.54, 1.807) is 50.2 Å². The fraction of sp³-hybridized carbons (Fsp3) is 0.118. The average molecular weight is 407 g/mol. The second-order valence-corrected chi connectivity index (χ2v) is 8.19. The summed E-state index contributed by atoms with van der Waals surface area (Å²) < 4.78 is 28.8. The highest BCUT2D eigenvalue weighted by molar-refractivity contribution is 9.10. The summed E-state index contributed by atoms with van der Waals surface area (Å²) in [4.78, 5) is 14.5. The van der Waals surface area contributed by atoms with Crippen LogP contribution in [-0.2, 0) is 10.0 Å². The molecule has 5 nitrogen and oxygen atoms in total. The molecule has 1 heterocycles. The van der Waals surface area contributed by atoms with Crippen molar-refractivity contribution in [1.29, 1.82) is 0 Å². The molecule has 3 rings (SSSR count). The van der Waals surface area contributed by atoms with Crippen molar-refractivity contribution in [1.82, 2.24) is 4.98 Å². The summed E-state index contributed by atoms with van der Waals surface area (Å²) >= 11 is 3.31. The molecule has 0 fully saturated rings. The van der Waals surface area contributed by atoms with E-state index in [9.17, 15) is 13.2 Å². The van der Waals surface area contributed by atoms with Crippen molar-refractivity contribution in [2.75, 3.05) is 4.72 Å². The van der Waals surface area contributed by atoms with E-state index in [0.29, 0.717) is 22.2 Å². The fourth-order valence-corrected chi connectivity index (χ4v) is 3.99. The molecule has 2 N–H and O–H groups in total. The van der Waals surface area contributed by atoms with Gasteiger partial charge in [-0.3, -0.25) is 9.52 Å². The molecule has 2 aromatic carbocycles.